The Balaban J connectivity index is 1.92. The van der Waals surface area contributed by atoms with E-state index in [9.17, 15) is 13.2 Å². The van der Waals surface area contributed by atoms with Gasteiger partial charge in [0.15, 0.2) is 5.65 Å². The first-order valence-electron chi connectivity index (χ1n) is 9.27. The molecular formula is C20H19F3N6O2. The molecule has 0 saturated heterocycles. The quantitative estimate of drug-likeness (QED) is 0.473. The zero-order valence-electron chi connectivity index (χ0n) is 17.2. The number of fused-ring (bicyclic) bond motifs is 1. The maximum absolute atomic E-state index is 14.0. The average Bonchev–Trinajstić information content (AvgIpc) is 3.32. The fraction of sp³-hybridized carbons (Fsp3) is 0.300. The minimum atomic E-state index is -4.60. The molecule has 3 aromatic heterocycles. The molecule has 0 aliphatic carbocycles. The molecule has 0 amide bonds. The molecule has 4 aromatic rings. The van der Waals surface area contributed by atoms with Gasteiger partial charge in [-0.1, -0.05) is 12.1 Å². The van der Waals surface area contributed by atoms with Gasteiger partial charge in [-0.05, 0) is 30.3 Å². The van der Waals surface area contributed by atoms with Crippen LogP contribution in [0.15, 0.2) is 34.9 Å². The normalized spacial score (nSPS) is 11.8. The Morgan fingerprint density at radius 1 is 1.16 bits per heavy atom. The van der Waals surface area contributed by atoms with E-state index in [1.807, 2.05) is 0 Å². The van der Waals surface area contributed by atoms with Gasteiger partial charge in [0.05, 0.1) is 29.4 Å². The molecule has 1 aromatic carbocycles. The Morgan fingerprint density at radius 3 is 2.55 bits per heavy atom. The lowest BCUT2D eigenvalue weighted by atomic mass is 10.0. The zero-order chi connectivity index (χ0) is 22.3. The van der Waals surface area contributed by atoms with E-state index in [-0.39, 0.29) is 34.9 Å². The Labute approximate surface area is 175 Å². The summed E-state index contributed by atoms with van der Waals surface area (Å²) < 4.78 is 53.7. The van der Waals surface area contributed by atoms with Gasteiger partial charge < -0.3 is 14.2 Å². The van der Waals surface area contributed by atoms with Gasteiger partial charge in [-0.3, -0.25) is 0 Å². The minimum absolute atomic E-state index is 0.0230. The lowest BCUT2D eigenvalue weighted by Gasteiger charge is -2.13. The Hall–Kier alpha value is -3.63. The summed E-state index contributed by atoms with van der Waals surface area (Å²) in [5, 5.41) is 8.03. The number of pyridine rings is 1. The number of para-hydroxylation sites is 1. The van der Waals surface area contributed by atoms with Crippen molar-refractivity contribution in [1.29, 1.82) is 0 Å². The van der Waals surface area contributed by atoms with Crippen LogP contribution in [0.25, 0.3) is 22.3 Å². The number of benzene rings is 1. The summed E-state index contributed by atoms with van der Waals surface area (Å²) in [6, 6.07) is 7.79. The Kier molecular flexibility index (Phi) is 5.03. The molecule has 0 bridgehead atoms. The van der Waals surface area contributed by atoms with Crippen LogP contribution in [0.3, 0.4) is 0 Å². The lowest BCUT2D eigenvalue weighted by molar-refractivity contribution is -0.136. The molecule has 0 fully saturated rings. The third-order valence-electron chi connectivity index (χ3n) is 4.71. The number of anilines is 1. The number of aryl methyl sites for hydroxylation is 1. The highest BCUT2D eigenvalue weighted by atomic mass is 19.4. The maximum atomic E-state index is 14.0. The summed E-state index contributed by atoms with van der Waals surface area (Å²) >= 11 is 0. The lowest BCUT2D eigenvalue weighted by Crippen LogP contribution is -2.11. The van der Waals surface area contributed by atoms with E-state index in [4.69, 9.17) is 9.26 Å². The number of rotatable bonds is 5. The van der Waals surface area contributed by atoms with Gasteiger partial charge in [0.1, 0.15) is 12.3 Å². The van der Waals surface area contributed by atoms with E-state index in [1.54, 1.807) is 43.3 Å². The molecule has 0 atom stereocenters. The van der Waals surface area contributed by atoms with Crippen molar-refractivity contribution in [3.63, 3.8) is 0 Å². The number of ether oxygens (including phenoxy) is 1. The predicted octanol–water partition coefficient (Wildman–Crippen LogP) is 3.93. The van der Waals surface area contributed by atoms with Crippen LogP contribution in [-0.2, 0) is 12.7 Å². The average molecular weight is 432 g/mol. The third-order valence-corrected chi connectivity index (χ3v) is 4.71. The summed E-state index contributed by atoms with van der Waals surface area (Å²) in [6.45, 7) is 1.49. The van der Waals surface area contributed by atoms with Crippen molar-refractivity contribution in [2.45, 2.75) is 19.6 Å². The molecule has 0 aliphatic heterocycles. The van der Waals surface area contributed by atoms with Crippen molar-refractivity contribution in [2.24, 2.45) is 0 Å². The molecule has 0 radical (unpaired) electrons. The highest BCUT2D eigenvalue weighted by molar-refractivity contribution is 5.86. The third kappa shape index (κ3) is 3.78. The van der Waals surface area contributed by atoms with E-state index in [2.05, 4.69) is 20.2 Å². The highest BCUT2D eigenvalue weighted by Gasteiger charge is 2.36. The van der Waals surface area contributed by atoms with Crippen LogP contribution < -0.4 is 9.64 Å². The number of nitrogens with zero attached hydrogens (tertiary/aromatic N) is 6. The van der Waals surface area contributed by atoms with E-state index < -0.39 is 11.7 Å². The fourth-order valence-electron chi connectivity index (χ4n) is 3.30. The van der Waals surface area contributed by atoms with Crippen LogP contribution in [0.2, 0.25) is 0 Å². The first-order valence-corrected chi connectivity index (χ1v) is 9.27. The van der Waals surface area contributed by atoms with Gasteiger partial charge in [0.25, 0.3) is 5.95 Å². The molecular weight excluding hydrogens is 413 g/mol. The van der Waals surface area contributed by atoms with Gasteiger partial charge in [0, 0.05) is 19.7 Å². The number of methoxy groups -OCH3 is 1. The standard InChI is InChI=1S/C20H19F3N6O2/c1-11-17-13(20(21,22)23)9-14(12-7-5-6-8-15(12)30-4)24-18(17)29(26-11)10-16-25-19(27-31-16)28(2)3/h5-9H,10H2,1-4H3. The summed E-state index contributed by atoms with van der Waals surface area (Å²) in [7, 11) is 4.95. The molecule has 0 spiro atoms. The molecule has 3 heterocycles. The van der Waals surface area contributed by atoms with Gasteiger partial charge in [-0.2, -0.15) is 23.3 Å². The van der Waals surface area contributed by atoms with Crippen LogP contribution in [-0.4, -0.2) is 46.1 Å². The topological polar surface area (TPSA) is 82.1 Å². The number of halogens is 3. The van der Waals surface area contributed by atoms with Gasteiger partial charge in [-0.25, -0.2) is 9.67 Å². The number of hydrogen-bond donors (Lipinski definition) is 0. The van der Waals surface area contributed by atoms with Crippen LogP contribution in [0, 0.1) is 6.92 Å². The molecule has 0 saturated carbocycles. The molecule has 31 heavy (non-hydrogen) atoms. The van der Waals surface area contributed by atoms with Gasteiger partial charge in [-0.15, -0.1) is 0 Å². The number of hydrogen-bond acceptors (Lipinski definition) is 7. The summed E-state index contributed by atoms with van der Waals surface area (Å²) in [5.74, 6) is 0.964. The van der Waals surface area contributed by atoms with Gasteiger partial charge >= 0.3 is 6.18 Å². The van der Waals surface area contributed by atoms with Crippen LogP contribution in [0.4, 0.5) is 19.1 Å². The molecule has 0 aliphatic rings. The van der Waals surface area contributed by atoms with Crippen molar-refractivity contribution in [3.8, 4) is 17.0 Å². The molecule has 4 rings (SSSR count). The predicted molar refractivity (Wildman–Crippen MR) is 107 cm³/mol. The first-order chi connectivity index (χ1) is 14.7. The molecule has 162 valence electrons. The van der Waals surface area contributed by atoms with Crippen molar-refractivity contribution in [1.82, 2.24) is 24.9 Å². The van der Waals surface area contributed by atoms with Crippen molar-refractivity contribution >= 4 is 17.0 Å². The largest absolute Gasteiger partial charge is 0.496 e. The minimum Gasteiger partial charge on any atom is -0.496 e. The van der Waals surface area contributed by atoms with Crippen molar-refractivity contribution < 1.29 is 22.4 Å². The smallest absolute Gasteiger partial charge is 0.417 e. The second kappa shape index (κ2) is 7.56. The monoisotopic (exact) mass is 432 g/mol. The summed E-state index contributed by atoms with van der Waals surface area (Å²) in [5.41, 5.74) is 0.0154. The van der Waals surface area contributed by atoms with Crippen molar-refractivity contribution in [2.75, 3.05) is 26.1 Å². The van der Waals surface area contributed by atoms with E-state index >= 15 is 0 Å². The number of alkyl halides is 3. The fourth-order valence-corrected chi connectivity index (χ4v) is 3.30. The second-order valence-electron chi connectivity index (χ2n) is 7.08. The number of aromatic nitrogens is 5. The molecule has 0 unspecified atom stereocenters. The maximum Gasteiger partial charge on any atom is 0.417 e. The molecule has 11 heteroatoms. The Bertz CT molecular complexity index is 1250. The van der Waals surface area contributed by atoms with Gasteiger partial charge in [0.2, 0.25) is 5.89 Å². The summed E-state index contributed by atoms with van der Waals surface area (Å²) in [6.07, 6.45) is -4.60. The van der Waals surface area contributed by atoms with Crippen LogP contribution in [0.1, 0.15) is 17.1 Å². The second-order valence-corrected chi connectivity index (χ2v) is 7.08. The molecule has 0 N–H and O–H groups in total. The van der Waals surface area contributed by atoms with E-state index in [1.165, 1.54) is 18.7 Å². The SMILES string of the molecule is COc1ccccc1-c1cc(C(F)(F)F)c2c(C)nn(Cc3nc(N(C)C)no3)c2n1. The molecule has 8 nitrogen and oxygen atoms in total. The van der Waals surface area contributed by atoms with E-state index in [0.717, 1.165) is 6.07 Å². The Morgan fingerprint density at radius 2 is 1.90 bits per heavy atom. The summed E-state index contributed by atoms with van der Waals surface area (Å²) in [4.78, 5) is 10.4. The zero-order valence-corrected chi connectivity index (χ0v) is 17.2. The van der Waals surface area contributed by atoms with Crippen LogP contribution >= 0.6 is 0 Å². The van der Waals surface area contributed by atoms with Crippen LogP contribution in [0.5, 0.6) is 5.75 Å². The first kappa shape index (κ1) is 20.6. The van der Waals surface area contributed by atoms with Crippen molar-refractivity contribution in [3.05, 3.63) is 47.5 Å². The van der Waals surface area contributed by atoms with E-state index in [0.29, 0.717) is 17.3 Å². The highest BCUT2D eigenvalue weighted by Crippen LogP contribution is 2.39.